The number of rotatable bonds is 4. The van der Waals surface area contributed by atoms with Crippen LogP contribution in [0.15, 0.2) is 17.6 Å². The van der Waals surface area contributed by atoms with Crippen molar-refractivity contribution in [3.05, 3.63) is 37.6 Å². The van der Waals surface area contributed by atoms with E-state index in [4.69, 9.17) is 5.11 Å². The van der Waals surface area contributed by atoms with Crippen LogP contribution in [-0.2, 0) is 13.0 Å². The smallest absolute Gasteiger partial charge is 0.352 e. The summed E-state index contributed by atoms with van der Waals surface area (Å²) in [7, 11) is 0. The molecule has 0 bridgehead atoms. The highest BCUT2D eigenvalue weighted by Crippen LogP contribution is 2.14. The van der Waals surface area contributed by atoms with Crippen molar-refractivity contribution >= 4 is 39.9 Å². The fraction of sp³-hybridized carbons (Fsp3) is 0.273. The maximum atomic E-state index is 11.0. The van der Waals surface area contributed by atoms with Crippen LogP contribution < -0.4 is 0 Å². The molecule has 0 saturated carbocycles. The number of nitrogens with zero attached hydrogens (tertiary/aromatic N) is 2. The van der Waals surface area contributed by atoms with Crippen molar-refractivity contribution in [2.75, 3.05) is 0 Å². The summed E-state index contributed by atoms with van der Waals surface area (Å²) in [6.45, 7) is 2.61. The Balaban J connectivity index is 2.11. The molecule has 0 atom stereocenters. The van der Waals surface area contributed by atoms with E-state index in [9.17, 15) is 4.79 Å². The van der Waals surface area contributed by atoms with Crippen LogP contribution in [0.3, 0.4) is 0 Å². The van der Waals surface area contributed by atoms with Gasteiger partial charge in [0.1, 0.15) is 5.69 Å². The molecule has 4 nitrogen and oxygen atoms in total. The summed E-state index contributed by atoms with van der Waals surface area (Å²) in [6, 6.07) is 1.68. The molecule has 0 aliphatic heterocycles. The summed E-state index contributed by atoms with van der Waals surface area (Å²) in [5, 5.41) is 12.1. The van der Waals surface area contributed by atoms with E-state index < -0.39 is 5.97 Å². The highest BCUT2D eigenvalue weighted by atomic mass is 127. The highest BCUT2D eigenvalue weighted by Gasteiger charge is 2.11. The number of carboxylic acids is 1. The Bertz CT molecular complexity index is 547. The molecule has 2 rings (SSSR count). The molecule has 90 valence electrons. The molecule has 0 aliphatic rings. The molecule has 0 aromatic carbocycles. The molecule has 0 radical (unpaired) electrons. The number of aryl methyl sites for hydroxylation is 3. The van der Waals surface area contributed by atoms with Crippen LogP contribution in [0.25, 0.3) is 0 Å². The average Bonchev–Trinajstić information content (AvgIpc) is 2.82. The minimum atomic E-state index is -0.886. The third kappa shape index (κ3) is 3.06. The van der Waals surface area contributed by atoms with Crippen molar-refractivity contribution in [2.45, 2.75) is 19.9 Å². The Kier molecular flexibility index (Phi) is 3.82. The van der Waals surface area contributed by atoms with Crippen LogP contribution in [0.2, 0.25) is 0 Å². The molecule has 0 amide bonds. The Morgan fingerprint density at radius 2 is 2.41 bits per heavy atom. The number of carbonyl (C=O) groups is 1. The fourth-order valence-corrected chi connectivity index (χ4v) is 2.97. The number of aromatic carboxylic acids is 1. The molecular formula is C11H11IN2O2S. The Morgan fingerprint density at radius 3 is 3.00 bits per heavy atom. The first kappa shape index (κ1) is 12.6. The summed E-state index contributed by atoms with van der Waals surface area (Å²) >= 11 is 3.74. The van der Waals surface area contributed by atoms with Crippen LogP contribution >= 0.6 is 33.9 Å². The zero-order chi connectivity index (χ0) is 12.4. The first-order chi connectivity index (χ1) is 8.06. The standard InChI is InChI=1S/C11H11IN2O2S/c1-7-6-17-10(13-7)2-3-14-5-8(12)4-9(14)11(15)16/h4-6H,2-3H2,1H3,(H,15,16). The van der Waals surface area contributed by atoms with E-state index in [-0.39, 0.29) is 0 Å². The number of thiazole rings is 1. The van der Waals surface area contributed by atoms with Crippen molar-refractivity contribution in [1.29, 1.82) is 0 Å². The molecule has 2 heterocycles. The Labute approximate surface area is 116 Å². The van der Waals surface area contributed by atoms with E-state index in [1.807, 2.05) is 18.5 Å². The lowest BCUT2D eigenvalue weighted by molar-refractivity contribution is 0.0685. The first-order valence-corrected chi connectivity index (χ1v) is 7.02. The van der Waals surface area contributed by atoms with Gasteiger partial charge in [0, 0.05) is 33.8 Å². The summed E-state index contributed by atoms with van der Waals surface area (Å²) in [4.78, 5) is 15.4. The number of hydrogen-bond acceptors (Lipinski definition) is 3. The second-order valence-corrected chi connectivity index (χ2v) is 5.86. The average molecular weight is 362 g/mol. The predicted octanol–water partition coefficient (Wildman–Crippen LogP) is 2.80. The zero-order valence-electron chi connectivity index (χ0n) is 9.18. The number of aromatic nitrogens is 2. The van der Waals surface area contributed by atoms with E-state index in [0.29, 0.717) is 12.2 Å². The van der Waals surface area contributed by atoms with Gasteiger partial charge >= 0.3 is 5.97 Å². The monoisotopic (exact) mass is 362 g/mol. The van der Waals surface area contributed by atoms with Crippen molar-refractivity contribution in [1.82, 2.24) is 9.55 Å². The van der Waals surface area contributed by atoms with Gasteiger partial charge in [-0.2, -0.15) is 0 Å². The van der Waals surface area contributed by atoms with Crippen LogP contribution in [-0.4, -0.2) is 20.6 Å². The maximum Gasteiger partial charge on any atom is 0.352 e. The van der Waals surface area contributed by atoms with Gasteiger partial charge in [-0.05, 0) is 35.6 Å². The predicted molar refractivity (Wildman–Crippen MR) is 74.7 cm³/mol. The lowest BCUT2D eigenvalue weighted by atomic mass is 10.4. The lowest BCUT2D eigenvalue weighted by Gasteiger charge is -2.03. The summed E-state index contributed by atoms with van der Waals surface area (Å²) in [5.41, 5.74) is 1.35. The fourth-order valence-electron chi connectivity index (χ4n) is 1.57. The van der Waals surface area contributed by atoms with E-state index in [1.165, 1.54) is 0 Å². The van der Waals surface area contributed by atoms with Crippen LogP contribution in [0.5, 0.6) is 0 Å². The summed E-state index contributed by atoms with van der Waals surface area (Å²) < 4.78 is 2.70. The molecular weight excluding hydrogens is 351 g/mol. The second-order valence-electron chi connectivity index (χ2n) is 3.67. The van der Waals surface area contributed by atoms with Gasteiger partial charge in [0.25, 0.3) is 0 Å². The van der Waals surface area contributed by atoms with Gasteiger partial charge in [-0.1, -0.05) is 0 Å². The van der Waals surface area contributed by atoms with Crippen molar-refractivity contribution in [3.8, 4) is 0 Å². The third-order valence-corrected chi connectivity index (χ3v) is 3.93. The Hall–Kier alpha value is -0.890. The highest BCUT2D eigenvalue weighted by molar-refractivity contribution is 14.1. The largest absolute Gasteiger partial charge is 0.477 e. The molecule has 17 heavy (non-hydrogen) atoms. The van der Waals surface area contributed by atoms with Gasteiger partial charge in [0.15, 0.2) is 0 Å². The molecule has 2 aromatic rings. The van der Waals surface area contributed by atoms with Gasteiger partial charge in [-0.25, -0.2) is 9.78 Å². The molecule has 0 unspecified atom stereocenters. The minimum Gasteiger partial charge on any atom is -0.477 e. The van der Waals surface area contributed by atoms with E-state index in [0.717, 1.165) is 20.7 Å². The van der Waals surface area contributed by atoms with Gasteiger partial charge in [-0.15, -0.1) is 11.3 Å². The van der Waals surface area contributed by atoms with Gasteiger partial charge < -0.3 is 9.67 Å². The van der Waals surface area contributed by atoms with Crippen LogP contribution in [0.4, 0.5) is 0 Å². The molecule has 1 N–H and O–H groups in total. The van der Waals surface area contributed by atoms with Crippen molar-refractivity contribution in [2.24, 2.45) is 0 Å². The number of halogens is 1. The number of hydrogen-bond donors (Lipinski definition) is 1. The van der Waals surface area contributed by atoms with Gasteiger partial charge in [0.2, 0.25) is 0 Å². The quantitative estimate of drug-likeness (QED) is 0.851. The van der Waals surface area contributed by atoms with Gasteiger partial charge in [-0.3, -0.25) is 0 Å². The zero-order valence-corrected chi connectivity index (χ0v) is 12.2. The normalized spacial score (nSPS) is 10.7. The van der Waals surface area contributed by atoms with E-state index in [1.54, 1.807) is 22.0 Å². The van der Waals surface area contributed by atoms with Crippen molar-refractivity contribution in [3.63, 3.8) is 0 Å². The topological polar surface area (TPSA) is 55.1 Å². The molecule has 6 heteroatoms. The third-order valence-electron chi connectivity index (χ3n) is 2.32. The summed E-state index contributed by atoms with van der Waals surface area (Å²) in [6.07, 6.45) is 2.62. The first-order valence-electron chi connectivity index (χ1n) is 5.06. The molecule has 0 aliphatic carbocycles. The summed E-state index contributed by atoms with van der Waals surface area (Å²) in [5.74, 6) is -0.886. The number of carboxylic acid groups (broad SMARTS) is 1. The molecule has 0 fully saturated rings. The van der Waals surface area contributed by atoms with E-state index >= 15 is 0 Å². The lowest BCUT2D eigenvalue weighted by Crippen LogP contribution is -2.09. The second kappa shape index (κ2) is 5.18. The molecule has 0 spiro atoms. The van der Waals surface area contributed by atoms with Crippen LogP contribution in [0, 0.1) is 10.5 Å². The van der Waals surface area contributed by atoms with Crippen LogP contribution in [0.1, 0.15) is 21.2 Å². The minimum absolute atomic E-state index is 0.336. The Morgan fingerprint density at radius 1 is 1.65 bits per heavy atom. The SMILES string of the molecule is Cc1csc(CCn2cc(I)cc2C(=O)O)n1. The van der Waals surface area contributed by atoms with E-state index in [2.05, 4.69) is 27.6 Å². The molecule has 2 aromatic heterocycles. The van der Waals surface area contributed by atoms with Crippen molar-refractivity contribution < 1.29 is 9.90 Å². The van der Waals surface area contributed by atoms with Gasteiger partial charge in [0.05, 0.1) is 5.01 Å². The maximum absolute atomic E-state index is 11.0. The molecule has 0 saturated heterocycles.